The summed E-state index contributed by atoms with van der Waals surface area (Å²) in [5.74, 6) is -1.74. The van der Waals surface area contributed by atoms with Gasteiger partial charge in [0.2, 0.25) is 5.91 Å². The molecule has 0 atom stereocenters. The van der Waals surface area contributed by atoms with Crippen molar-refractivity contribution < 1.29 is 23.8 Å². The minimum atomic E-state index is -0.713. The molecule has 0 radical (unpaired) electrons. The number of methoxy groups -OCH3 is 1. The number of hydrogen-bond donors (Lipinski definition) is 3. The zero-order valence-corrected chi connectivity index (χ0v) is 19.3. The molecule has 1 aromatic carbocycles. The van der Waals surface area contributed by atoms with Crippen LogP contribution in [0.4, 0.5) is 4.39 Å². The van der Waals surface area contributed by atoms with Crippen LogP contribution in [0.1, 0.15) is 33.5 Å². The molecule has 0 saturated heterocycles. The normalized spacial score (nSPS) is 10.9. The summed E-state index contributed by atoms with van der Waals surface area (Å²) in [5.41, 5.74) is 1.64. The van der Waals surface area contributed by atoms with Gasteiger partial charge in [-0.1, -0.05) is 6.07 Å². The Morgan fingerprint density at radius 1 is 1.24 bits per heavy atom. The van der Waals surface area contributed by atoms with Crippen molar-refractivity contribution in [2.75, 3.05) is 27.3 Å². The van der Waals surface area contributed by atoms with Crippen LogP contribution in [0.5, 0.6) is 5.75 Å². The van der Waals surface area contributed by atoms with E-state index in [-0.39, 0.29) is 36.6 Å². The summed E-state index contributed by atoms with van der Waals surface area (Å²) in [4.78, 5) is 41.2. The molecule has 0 fully saturated rings. The lowest BCUT2D eigenvalue weighted by atomic mass is 9.97. The van der Waals surface area contributed by atoms with Gasteiger partial charge in [-0.15, -0.1) is 0 Å². The van der Waals surface area contributed by atoms with Gasteiger partial charge in [-0.3, -0.25) is 19.4 Å². The Morgan fingerprint density at radius 3 is 2.71 bits per heavy atom. The van der Waals surface area contributed by atoms with Crippen LogP contribution in [0.15, 0.2) is 35.3 Å². The minimum absolute atomic E-state index is 0.113. The molecule has 0 spiro atoms. The van der Waals surface area contributed by atoms with E-state index >= 15 is 0 Å². The molecule has 2 heterocycles. The van der Waals surface area contributed by atoms with E-state index in [4.69, 9.17) is 4.74 Å². The summed E-state index contributed by atoms with van der Waals surface area (Å²) in [6, 6.07) is 6.11. The highest BCUT2D eigenvalue weighted by molar-refractivity contribution is 6.01. The maximum atomic E-state index is 13.8. The largest absolute Gasteiger partial charge is 0.505 e. The lowest BCUT2D eigenvalue weighted by Crippen LogP contribution is -2.34. The van der Waals surface area contributed by atoms with Gasteiger partial charge in [0.05, 0.1) is 12.1 Å². The van der Waals surface area contributed by atoms with Crippen molar-refractivity contribution >= 4 is 22.8 Å². The van der Waals surface area contributed by atoms with Crippen LogP contribution in [-0.2, 0) is 29.4 Å². The van der Waals surface area contributed by atoms with Crippen LogP contribution in [0, 0.1) is 5.82 Å². The summed E-state index contributed by atoms with van der Waals surface area (Å²) in [6.07, 6.45) is 2.50. The molecule has 0 aliphatic carbocycles. The number of pyridine rings is 2. The highest BCUT2D eigenvalue weighted by atomic mass is 19.1. The molecular weight excluding hydrogens is 443 g/mol. The molecule has 0 saturated carbocycles. The topological polar surface area (TPSA) is 123 Å². The van der Waals surface area contributed by atoms with Crippen molar-refractivity contribution in [3.05, 3.63) is 68.9 Å². The molecule has 0 aliphatic heterocycles. The van der Waals surface area contributed by atoms with Crippen LogP contribution in [-0.4, -0.2) is 53.8 Å². The first kappa shape index (κ1) is 24.8. The van der Waals surface area contributed by atoms with Crippen molar-refractivity contribution in [2.24, 2.45) is 7.05 Å². The maximum Gasteiger partial charge on any atom is 0.267 e. The molecule has 3 N–H and O–H groups in total. The number of nitrogens with one attached hydrogen (secondary N) is 2. The number of amides is 2. The fraction of sp³-hybridized carbons (Fsp3) is 0.333. The zero-order valence-electron chi connectivity index (χ0n) is 19.3. The van der Waals surface area contributed by atoms with Gasteiger partial charge >= 0.3 is 0 Å². The average molecular weight is 471 g/mol. The van der Waals surface area contributed by atoms with Crippen molar-refractivity contribution in [3.63, 3.8) is 0 Å². The standard InChI is InChI=1S/C24H27FN4O5/c1-26-19(30)7-5-16-12-17(25)6-4-15(16)10-14-11-18-21(28-13-14)22(31)20(24(33)29(18)2)23(32)27-8-9-34-3/h4,6,11-13,31H,5,7-10H2,1-3H3,(H,26,30)(H,27,32). The van der Waals surface area contributed by atoms with Crippen LogP contribution in [0.25, 0.3) is 11.0 Å². The molecule has 3 aromatic rings. The highest BCUT2D eigenvalue weighted by Crippen LogP contribution is 2.26. The molecule has 0 unspecified atom stereocenters. The maximum absolute atomic E-state index is 13.8. The van der Waals surface area contributed by atoms with E-state index in [1.54, 1.807) is 19.2 Å². The molecule has 3 rings (SSSR count). The molecular formula is C24H27FN4O5. The number of nitrogens with zero attached hydrogens (tertiary/aromatic N) is 2. The number of carbonyl (C=O) groups is 2. The molecule has 34 heavy (non-hydrogen) atoms. The summed E-state index contributed by atoms with van der Waals surface area (Å²) in [5, 5.41) is 15.7. The number of aromatic hydroxyl groups is 1. The Balaban J connectivity index is 1.96. The van der Waals surface area contributed by atoms with Crippen LogP contribution in [0.2, 0.25) is 0 Å². The van der Waals surface area contributed by atoms with E-state index in [0.717, 1.165) is 5.56 Å². The lowest BCUT2D eigenvalue weighted by molar-refractivity contribution is -0.120. The predicted molar refractivity (Wildman–Crippen MR) is 124 cm³/mol. The van der Waals surface area contributed by atoms with Gasteiger partial charge in [-0.05, 0) is 47.7 Å². The molecule has 0 aliphatic rings. The first-order chi connectivity index (χ1) is 16.3. The molecule has 0 bridgehead atoms. The Bertz CT molecular complexity index is 1290. The van der Waals surface area contributed by atoms with Gasteiger partial charge in [0.15, 0.2) is 5.75 Å². The Morgan fingerprint density at radius 2 is 2.00 bits per heavy atom. The lowest BCUT2D eigenvalue weighted by Gasteiger charge is -2.13. The number of aromatic nitrogens is 2. The van der Waals surface area contributed by atoms with Gasteiger partial charge in [-0.2, -0.15) is 0 Å². The zero-order chi connectivity index (χ0) is 24.8. The highest BCUT2D eigenvalue weighted by Gasteiger charge is 2.22. The third kappa shape index (κ3) is 5.40. The van der Waals surface area contributed by atoms with Crippen molar-refractivity contribution in [1.82, 2.24) is 20.2 Å². The van der Waals surface area contributed by atoms with Crippen LogP contribution >= 0.6 is 0 Å². The molecule has 2 aromatic heterocycles. The fourth-order valence-corrected chi connectivity index (χ4v) is 3.68. The van der Waals surface area contributed by atoms with E-state index in [9.17, 15) is 23.9 Å². The summed E-state index contributed by atoms with van der Waals surface area (Å²) in [7, 11) is 4.52. The number of carbonyl (C=O) groups excluding carboxylic acids is 2. The third-order valence-corrected chi connectivity index (χ3v) is 5.55. The predicted octanol–water partition coefficient (Wildman–Crippen LogP) is 1.42. The van der Waals surface area contributed by atoms with Crippen molar-refractivity contribution in [2.45, 2.75) is 19.3 Å². The van der Waals surface area contributed by atoms with Gasteiger partial charge in [0.1, 0.15) is 16.9 Å². The molecule has 2 amide bonds. The van der Waals surface area contributed by atoms with Gasteiger partial charge in [0.25, 0.3) is 11.5 Å². The van der Waals surface area contributed by atoms with E-state index in [1.165, 1.54) is 37.1 Å². The van der Waals surface area contributed by atoms with Crippen molar-refractivity contribution in [1.29, 1.82) is 0 Å². The van der Waals surface area contributed by atoms with E-state index in [1.807, 2.05) is 0 Å². The monoisotopic (exact) mass is 470 g/mol. The van der Waals surface area contributed by atoms with E-state index in [0.29, 0.717) is 29.5 Å². The Hall–Kier alpha value is -3.79. The first-order valence-corrected chi connectivity index (χ1v) is 10.7. The Labute approximate surface area is 195 Å². The smallest absolute Gasteiger partial charge is 0.267 e. The van der Waals surface area contributed by atoms with Crippen LogP contribution < -0.4 is 16.2 Å². The fourth-order valence-electron chi connectivity index (χ4n) is 3.68. The van der Waals surface area contributed by atoms with E-state index < -0.39 is 23.0 Å². The average Bonchev–Trinajstić information content (AvgIpc) is 2.82. The second kappa shape index (κ2) is 10.9. The molecule has 10 heteroatoms. The molecule has 9 nitrogen and oxygen atoms in total. The third-order valence-electron chi connectivity index (χ3n) is 5.55. The number of rotatable bonds is 9. The van der Waals surface area contributed by atoms with Gasteiger partial charge < -0.3 is 25.0 Å². The minimum Gasteiger partial charge on any atom is -0.505 e. The Kier molecular flexibility index (Phi) is 7.95. The number of fused-ring (bicyclic) bond motifs is 1. The summed E-state index contributed by atoms with van der Waals surface area (Å²) in [6.45, 7) is 0.443. The number of aryl methyl sites for hydroxylation is 2. The number of halogens is 1. The number of benzene rings is 1. The number of hydrogen-bond acceptors (Lipinski definition) is 6. The van der Waals surface area contributed by atoms with Gasteiger partial charge in [0, 0.05) is 40.4 Å². The quantitative estimate of drug-likeness (QED) is 0.407. The van der Waals surface area contributed by atoms with E-state index in [2.05, 4.69) is 15.6 Å². The SMILES string of the molecule is CNC(=O)CCc1cc(F)ccc1Cc1cnc2c(O)c(C(=O)NCCOC)c(=O)n(C)c2c1. The second-order valence-corrected chi connectivity index (χ2v) is 7.81. The molecule has 180 valence electrons. The first-order valence-electron chi connectivity index (χ1n) is 10.7. The second-order valence-electron chi connectivity index (χ2n) is 7.81. The summed E-state index contributed by atoms with van der Waals surface area (Å²) < 4.78 is 20.0. The number of ether oxygens (including phenoxy) is 1. The van der Waals surface area contributed by atoms with Crippen molar-refractivity contribution in [3.8, 4) is 5.75 Å². The van der Waals surface area contributed by atoms with Crippen LogP contribution in [0.3, 0.4) is 0 Å². The summed E-state index contributed by atoms with van der Waals surface area (Å²) >= 11 is 0. The van der Waals surface area contributed by atoms with Gasteiger partial charge in [-0.25, -0.2) is 4.39 Å².